The predicted molar refractivity (Wildman–Crippen MR) is 120 cm³/mol. The number of rotatable bonds is 7. The van der Waals surface area contributed by atoms with E-state index in [1.165, 1.54) is 38.9 Å². The fraction of sp³-hybridized carbons (Fsp3) is 0.650. The smallest absolute Gasteiger partial charge is 0.231 e. The molecule has 1 saturated heterocycles. The fourth-order valence-electron chi connectivity index (χ4n) is 3.61. The Morgan fingerprint density at radius 2 is 2.07 bits per heavy atom. The van der Waals surface area contributed by atoms with Crippen molar-refractivity contribution in [3.05, 3.63) is 23.8 Å². The quantitative estimate of drug-likeness (QED) is 0.267. The van der Waals surface area contributed by atoms with Gasteiger partial charge in [0.1, 0.15) is 0 Å². The van der Waals surface area contributed by atoms with Crippen LogP contribution in [0.15, 0.2) is 23.2 Å². The molecule has 2 N–H and O–H groups in total. The summed E-state index contributed by atoms with van der Waals surface area (Å²) >= 11 is 0. The number of guanidine groups is 1. The molecule has 3 rings (SSSR count). The lowest BCUT2D eigenvalue weighted by molar-refractivity contribution is 0.174. The van der Waals surface area contributed by atoms with Crippen LogP contribution in [0.2, 0.25) is 0 Å². The number of nitrogens with zero attached hydrogens (tertiary/aromatic N) is 2. The molecule has 0 amide bonds. The van der Waals surface area contributed by atoms with Crippen LogP contribution >= 0.6 is 24.0 Å². The Labute approximate surface area is 180 Å². The minimum atomic E-state index is 0. The van der Waals surface area contributed by atoms with E-state index in [1.54, 1.807) is 0 Å². The van der Waals surface area contributed by atoms with Gasteiger partial charge in [0, 0.05) is 26.7 Å². The summed E-state index contributed by atoms with van der Waals surface area (Å²) in [4.78, 5) is 6.91. The summed E-state index contributed by atoms with van der Waals surface area (Å²) in [5.41, 5.74) is 1.15. The number of ether oxygens (including phenoxy) is 2. The van der Waals surface area contributed by atoms with Gasteiger partial charge in [0.05, 0.1) is 0 Å². The third-order valence-electron chi connectivity index (χ3n) is 5.06. The van der Waals surface area contributed by atoms with E-state index in [9.17, 15) is 0 Å². The van der Waals surface area contributed by atoms with Crippen LogP contribution < -0.4 is 20.1 Å². The Morgan fingerprint density at radius 3 is 2.89 bits per heavy atom. The van der Waals surface area contributed by atoms with Crippen molar-refractivity contribution in [3.8, 4) is 11.5 Å². The molecule has 7 heteroatoms. The number of benzene rings is 1. The molecule has 0 spiro atoms. The van der Waals surface area contributed by atoms with Crippen molar-refractivity contribution in [1.82, 2.24) is 15.5 Å². The fourth-order valence-corrected chi connectivity index (χ4v) is 3.61. The van der Waals surface area contributed by atoms with Gasteiger partial charge in [0.25, 0.3) is 0 Å². The number of likely N-dealkylation sites (tertiary alicyclic amines) is 1. The van der Waals surface area contributed by atoms with E-state index >= 15 is 0 Å². The first-order valence-corrected chi connectivity index (χ1v) is 9.80. The number of nitrogens with one attached hydrogen (secondary N) is 2. The average molecular weight is 488 g/mol. The first kappa shape index (κ1) is 22.1. The second kappa shape index (κ2) is 11.6. The first-order valence-electron chi connectivity index (χ1n) is 9.80. The molecule has 0 bridgehead atoms. The van der Waals surface area contributed by atoms with Gasteiger partial charge in [0.15, 0.2) is 17.5 Å². The van der Waals surface area contributed by atoms with Crippen LogP contribution in [0.4, 0.5) is 0 Å². The highest BCUT2D eigenvalue weighted by Crippen LogP contribution is 2.32. The zero-order valence-corrected chi connectivity index (χ0v) is 18.8. The molecule has 2 aliphatic rings. The van der Waals surface area contributed by atoms with Crippen LogP contribution in [0, 0.1) is 5.92 Å². The molecule has 1 aromatic carbocycles. The molecule has 0 aliphatic carbocycles. The SMILES string of the molecule is CN=C(NCCCCN1CCCC(C)C1)NCc1ccc2c(c1)OCO2.I. The maximum absolute atomic E-state index is 5.42. The zero-order valence-electron chi connectivity index (χ0n) is 16.5. The molecule has 1 fully saturated rings. The average Bonchev–Trinajstić information content (AvgIpc) is 3.12. The summed E-state index contributed by atoms with van der Waals surface area (Å²) in [6.07, 6.45) is 5.15. The lowest BCUT2D eigenvalue weighted by atomic mass is 10.0. The molecule has 0 aromatic heterocycles. The first-order chi connectivity index (χ1) is 12.7. The van der Waals surface area contributed by atoms with Crippen molar-refractivity contribution < 1.29 is 9.47 Å². The molecular formula is C20H33IN4O2. The van der Waals surface area contributed by atoms with Crippen LogP contribution in [0.1, 0.15) is 38.2 Å². The largest absolute Gasteiger partial charge is 0.454 e. The van der Waals surface area contributed by atoms with E-state index in [2.05, 4.69) is 27.4 Å². The molecule has 6 nitrogen and oxygen atoms in total. The van der Waals surface area contributed by atoms with Gasteiger partial charge in [-0.3, -0.25) is 4.99 Å². The summed E-state index contributed by atoms with van der Waals surface area (Å²) in [6, 6.07) is 6.02. The van der Waals surface area contributed by atoms with Gasteiger partial charge in [0.2, 0.25) is 6.79 Å². The standard InChI is InChI=1S/C20H32N4O2.HI/c1-16-6-5-11-24(14-16)10-4-3-9-22-20(21-2)23-13-17-7-8-18-19(12-17)26-15-25-18;/h7-8,12,16H,3-6,9-11,13-15H2,1-2H3,(H2,21,22,23);1H. The second-order valence-electron chi connectivity index (χ2n) is 7.30. The van der Waals surface area contributed by atoms with Gasteiger partial charge >= 0.3 is 0 Å². The van der Waals surface area contributed by atoms with E-state index in [1.807, 2.05) is 25.2 Å². The van der Waals surface area contributed by atoms with Crippen LogP contribution in [0.5, 0.6) is 11.5 Å². The number of hydrogen-bond donors (Lipinski definition) is 2. The van der Waals surface area contributed by atoms with Crippen molar-refractivity contribution in [1.29, 1.82) is 0 Å². The highest BCUT2D eigenvalue weighted by Gasteiger charge is 2.15. The summed E-state index contributed by atoms with van der Waals surface area (Å²) in [5.74, 6) is 3.34. The number of aliphatic imine (C=N–C) groups is 1. The Kier molecular flexibility index (Phi) is 9.47. The van der Waals surface area contributed by atoms with E-state index in [0.29, 0.717) is 13.3 Å². The number of unbranched alkanes of at least 4 members (excludes halogenated alkanes) is 1. The van der Waals surface area contributed by atoms with Crippen molar-refractivity contribution in [2.24, 2.45) is 10.9 Å². The summed E-state index contributed by atoms with van der Waals surface area (Å²) in [7, 11) is 1.81. The predicted octanol–water partition coefficient (Wildman–Crippen LogP) is 3.21. The van der Waals surface area contributed by atoms with E-state index in [0.717, 1.165) is 41.9 Å². The molecule has 2 heterocycles. The number of piperidine rings is 1. The molecule has 152 valence electrons. The number of hydrogen-bond acceptors (Lipinski definition) is 4. The van der Waals surface area contributed by atoms with Gasteiger partial charge in [-0.05, 0) is 62.4 Å². The van der Waals surface area contributed by atoms with E-state index in [-0.39, 0.29) is 24.0 Å². The van der Waals surface area contributed by atoms with Gasteiger partial charge in [-0.15, -0.1) is 24.0 Å². The number of halogens is 1. The Morgan fingerprint density at radius 1 is 1.22 bits per heavy atom. The lowest BCUT2D eigenvalue weighted by Crippen LogP contribution is -2.38. The third-order valence-corrected chi connectivity index (χ3v) is 5.06. The van der Waals surface area contributed by atoms with Gasteiger partial charge in [-0.2, -0.15) is 0 Å². The normalized spacial score (nSPS) is 19.5. The van der Waals surface area contributed by atoms with Crippen molar-refractivity contribution in [2.75, 3.05) is 40.0 Å². The topological polar surface area (TPSA) is 58.1 Å². The van der Waals surface area contributed by atoms with Crippen LogP contribution in [0.3, 0.4) is 0 Å². The molecule has 0 saturated carbocycles. The van der Waals surface area contributed by atoms with Gasteiger partial charge in [-0.1, -0.05) is 13.0 Å². The molecular weight excluding hydrogens is 455 g/mol. The monoisotopic (exact) mass is 488 g/mol. The second-order valence-corrected chi connectivity index (χ2v) is 7.30. The van der Waals surface area contributed by atoms with Gasteiger partial charge < -0.3 is 25.0 Å². The molecule has 1 aromatic rings. The van der Waals surface area contributed by atoms with Crippen molar-refractivity contribution in [2.45, 2.75) is 39.2 Å². The van der Waals surface area contributed by atoms with Crippen LogP contribution in [-0.2, 0) is 6.54 Å². The number of fused-ring (bicyclic) bond motifs is 1. The molecule has 27 heavy (non-hydrogen) atoms. The van der Waals surface area contributed by atoms with E-state index < -0.39 is 0 Å². The van der Waals surface area contributed by atoms with Crippen molar-refractivity contribution in [3.63, 3.8) is 0 Å². The minimum Gasteiger partial charge on any atom is -0.454 e. The molecule has 2 aliphatic heterocycles. The Hall–Kier alpha value is -1.22. The maximum atomic E-state index is 5.42. The summed E-state index contributed by atoms with van der Waals surface area (Å²) in [6.45, 7) is 8.10. The highest BCUT2D eigenvalue weighted by atomic mass is 127. The minimum absolute atomic E-state index is 0. The van der Waals surface area contributed by atoms with Crippen LogP contribution in [-0.4, -0.2) is 50.9 Å². The molecule has 1 unspecified atom stereocenters. The summed E-state index contributed by atoms with van der Waals surface area (Å²) < 4.78 is 10.8. The zero-order chi connectivity index (χ0) is 18.2. The van der Waals surface area contributed by atoms with E-state index in [4.69, 9.17) is 9.47 Å². The highest BCUT2D eigenvalue weighted by molar-refractivity contribution is 14.0. The summed E-state index contributed by atoms with van der Waals surface area (Å²) in [5, 5.41) is 6.76. The lowest BCUT2D eigenvalue weighted by Gasteiger charge is -2.30. The van der Waals surface area contributed by atoms with Gasteiger partial charge in [-0.25, -0.2) is 0 Å². The van der Waals surface area contributed by atoms with Crippen LogP contribution in [0.25, 0.3) is 0 Å². The third kappa shape index (κ3) is 7.03. The Balaban J connectivity index is 0.00000261. The molecule has 0 radical (unpaired) electrons. The van der Waals surface area contributed by atoms with Crippen molar-refractivity contribution >= 4 is 29.9 Å². The Bertz CT molecular complexity index is 612. The maximum Gasteiger partial charge on any atom is 0.231 e. The molecule has 1 atom stereocenters.